The van der Waals surface area contributed by atoms with Crippen LogP contribution in [0.5, 0.6) is 0 Å². The maximum Gasteiger partial charge on any atom is 0.250 e. The monoisotopic (exact) mass is 256 g/mol. The standard InChI is InChI=1S/C16H20N2O/c1-13-6-8-15(9-7-13)14(2)17-10-12-18-11-4-3-5-16(18)19/h3-9,11,14,17H,10,12H2,1-2H3/t14-/m0/s1. The molecule has 2 rings (SSSR count). The van der Waals surface area contributed by atoms with Crippen molar-refractivity contribution >= 4 is 0 Å². The Balaban J connectivity index is 1.87. The number of hydrogen-bond acceptors (Lipinski definition) is 2. The Kier molecular flexibility index (Phi) is 4.53. The maximum atomic E-state index is 11.5. The Bertz CT molecular complexity index is 572. The van der Waals surface area contributed by atoms with Gasteiger partial charge in [0.05, 0.1) is 0 Å². The van der Waals surface area contributed by atoms with Crippen LogP contribution in [0.15, 0.2) is 53.5 Å². The molecule has 0 aliphatic heterocycles. The molecule has 2 aromatic rings. The molecule has 0 fully saturated rings. The summed E-state index contributed by atoms with van der Waals surface area (Å²) in [5.41, 5.74) is 2.59. The lowest BCUT2D eigenvalue weighted by Gasteiger charge is -2.15. The van der Waals surface area contributed by atoms with E-state index in [0.717, 1.165) is 6.54 Å². The van der Waals surface area contributed by atoms with Gasteiger partial charge < -0.3 is 9.88 Å². The molecule has 0 amide bonds. The minimum Gasteiger partial charge on any atom is -0.314 e. The van der Waals surface area contributed by atoms with Crippen molar-refractivity contribution in [3.63, 3.8) is 0 Å². The molecule has 1 heterocycles. The van der Waals surface area contributed by atoms with Crippen molar-refractivity contribution in [2.75, 3.05) is 6.54 Å². The molecule has 1 N–H and O–H groups in total. The van der Waals surface area contributed by atoms with Crippen molar-refractivity contribution < 1.29 is 0 Å². The Morgan fingerprint density at radius 2 is 1.89 bits per heavy atom. The molecule has 3 nitrogen and oxygen atoms in total. The molecule has 0 saturated heterocycles. The number of nitrogens with one attached hydrogen (secondary N) is 1. The molecule has 1 aromatic heterocycles. The van der Waals surface area contributed by atoms with Crippen LogP contribution in [0.1, 0.15) is 24.1 Å². The summed E-state index contributed by atoms with van der Waals surface area (Å²) in [4.78, 5) is 11.5. The first kappa shape index (κ1) is 13.6. The van der Waals surface area contributed by atoms with Gasteiger partial charge in [0.1, 0.15) is 0 Å². The summed E-state index contributed by atoms with van der Waals surface area (Å²) < 4.78 is 1.72. The molecule has 0 spiro atoms. The van der Waals surface area contributed by atoms with E-state index in [1.807, 2.05) is 12.3 Å². The largest absolute Gasteiger partial charge is 0.314 e. The van der Waals surface area contributed by atoms with Gasteiger partial charge in [-0.15, -0.1) is 0 Å². The number of benzene rings is 1. The van der Waals surface area contributed by atoms with Crippen LogP contribution in [-0.2, 0) is 6.54 Å². The predicted molar refractivity (Wildman–Crippen MR) is 78.3 cm³/mol. The van der Waals surface area contributed by atoms with Crippen molar-refractivity contribution in [3.05, 3.63) is 70.1 Å². The topological polar surface area (TPSA) is 34.0 Å². The fraction of sp³-hybridized carbons (Fsp3) is 0.312. The first-order chi connectivity index (χ1) is 9.16. The van der Waals surface area contributed by atoms with Gasteiger partial charge in [-0.25, -0.2) is 0 Å². The molecule has 0 saturated carbocycles. The van der Waals surface area contributed by atoms with E-state index in [9.17, 15) is 4.79 Å². The molecule has 1 atom stereocenters. The number of aromatic nitrogens is 1. The highest BCUT2D eigenvalue weighted by Crippen LogP contribution is 2.12. The summed E-state index contributed by atoms with van der Waals surface area (Å²) >= 11 is 0. The van der Waals surface area contributed by atoms with Gasteiger partial charge in [0.15, 0.2) is 0 Å². The van der Waals surface area contributed by atoms with Crippen molar-refractivity contribution in [2.24, 2.45) is 0 Å². The smallest absolute Gasteiger partial charge is 0.250 e. The van der Waals surface area contributed by atoms with Crippen LogP contribution in [0, 0.1) is 6.92 Å². The average Bonchev–Trinajstić information content (AvgIpc) is 2.41. The normalized spacial score (nSPS) is 12.3. The van der Waals surface area contributed by atoms with E-state index in [1.54, 1.807) is 16.7 Å². The summed E-state index contributed by atoms with van der Waals surface area (Å²) in [5.74, 6) is 0. The third kappa shape index (κ3) is 3.80. The highest BCUT2D eigenvalue weighted by molar-refractivity contribution is 5.23. The quantitative estimate of drug-likeness (QED) is 0.892. The van der Waals surface area contributed by atoms with E-state index in [1.165, 1.54) is 11.1 Å². The number of nitrogens with zero attached hydrogens (tertiary/aromatic N) is 1. The molecule has 0 radical (unpaired) electrons. The molecule has 0 bridgehead atoms. The molecule has 0 aliphatic rings. The summed E-state index contributed by atoms with van der Waals surface area (Å²) in [6.07, 6.45) is 1.82. The fourth-order valence-corrected chi connectivity index (χ4v) is 2.02. The van der Waals surface area contributed by atoms with Crippen LogP contribution in [0.25, 0.3) is 0 Å². The minimum absolute atomic E-state index is 0.0484. The second-order valence-corrected chi connectivity index (χ2v) is 4.82. The van der Waals surface area contributed by atoms with Crippen molar-refractivity contribution in [3.8, 4) is 0 Å². The molecular weight excluding hydrogens is 236 g/mol. The van der Waals surface area contributed by atoms with E-state index in [0.29, 0.717) is 12.6 Å². The third-order valence-corrected chi connectivity index (χ3v) is 3.28. The van der Waals surface area contributed by atoms with Crippen molar-refractivity contribution in [1.29, 1.82) is 0 Å². The average molecular weight is 256 g/mol. The van der Waals surface area contributed by atoms with E-state index < -0.39 is 0 Å². The van der Waals surface area contributed by atoms with E-state index >= 15 is 0 Å². The number of hydrogen-bond donors (Lipinski definition) is 1. The zero-order valence-electron chi connectivity index (χ0n) is 11.5. The van der Waals surface area contributed by atoms with Crippen molar-refractivity contribution in [2.45, 2.75) is 26.4 Å². The zero-order valence-corrected chi connectivity index (χ0v) is 11.5. The highest BCUT2D eigenvalue weighted by Gasteiger charge is 2.03. The Hall–Kier alpha value is -1.87. The molecule has 1 aromatic carbocycles. The Morgan fingerprint density at radius 1 is 1.16 bits per heavy atom. The van der Waals surface area contributed by atoms with Crippen LogP contribution in [0.2, 0.25) is 0 Å². The van der Waals surface area contributed by atoms with Gasteiger partial charge in [-0.2, -0.15) is 0 Å². The second-order valence-electron chi connectivity index (χ2n) is 4.82. The zero-order chi connectivity index (χ0) is 13.7. The molecule has 3 heteroatoms. The second kappa shape index (κ2) is 6.34. The van der Waals surface area contributed by atoms with Crippen LogP contribution in [0.4, 0.5) is 0 Å². The Labute approximate surface area is 113 Å². The van der Waals surface area contributed by atoms with Crippen LogP contribution in [0.3, 0.4) is 0 Å². The SMILES string of the molecule is Cc1ccc([C@H](C)NCCn2ccccc2=O)cc1. The summed E-state index contributed by atoms with van der Waals surface area (Å²) in [6, 6.07) is 14.0. The van der Waals surface area contributed by atoms with Crippen LogP contribution < -0.4 is 10.9 Å². The number of aryl methyl sites for hydroxylation is 1. The first-order valence-electron chi connectivity index (χ1n) is 6.62. The first-order valence-corrected chi connectivity index (χ1v) is 6.62. The number of pyridine rings is 1. The van der Waals surface area contributed by atoms with Gasteiger partial charge in [-0.05, 0) is 25.5 Å². The van der Waals surface area contributed by atoms with Gasteiger partial charge in [0.2, 0.25) is 0 Å². The Morgan fingerprint density at radius 3 is 2.58 bits per heavy atom. The predicted octanol–water partition coefficient (Wildman–Crippen LogP) is 2.51. The van der Waals surface area contributed by atoms with Gasteiger partial charge in [0, 0.05) is 31.4 Å². The van der Waals surface area contributed by atoms with Gasteiger partial charge in [-0.1, -0.05) is 35.9 Å². The third-order valence-electron chi connectivity index (χ3n) is 3.28. The maximum absolute atomic E-state index is 11.5. The fourth-order valence-electron chi connectivity index (χ4n) is 2.02. The molecule has 19 heavy (non-hydrogen) atoms. The van der Waals surface area contributed by atoms with Gasteiger partial charge >= 0.3 is 0 Å². The van der Waals surface area contributed by atoms with E-state index in [2.05, 4.69) is 43.4 Å². The van der Waals surface area contributed by atoms with Gasteiger partial charge in [0.25, 0.3) is 5.56 Å². The summed E-state index contributed by atoms with van der Waals surface area (Å²) in [6.45, 7) is 5.69. The van der Waals surface area contributed by atoms with E-state index in [4.69, 9.17) is 0 Å². The van der Waals surface area contributed by atoms with Crippen molar-refractivity contribution in [1.82, 2.24) is 9.88 Å². The highest BCUT2D eigenvalue weighted by atomic mass is 16.1. The van der Waals surface area contributed by atoms with E-state index in [-0.39, 0.29) is 5.56 Å². The van der Waals surface area contributed by atoms with Crippen LogP contribution >= 0.6 is 0 Å². The summed E-state index contributed by atoms with van der Waals surface area (Å²) in [5, 5.41) is 3.43. The molecular formula is C16H20N2O. The molecule has 0 aliphatic carbocycles. The summed E-state index contributed by atoms with van der Waals surface area (Å²) in [7, 11) is 0. The molecule has 0 unspecified atom stereocenters. The van der Waals surface area contributed by atoms with Gasteiger partial charge in [-0.3, -0.25) is 4.79 Å². The van der Waals surface area contributed by atoms with Crippen LogP contribution in [-0.4, -0.2) is 11.1 Å². The molecule has 100 valence electrons. The lowest BCUT2D eigenvalue weighted by molar-refractivity contribution is 0.524. The lowest BCUT2D eigenvalue weighted by atomic mass is 10.1. The minimum atomic E-state index is 0.0484. The number of rotatable bonds is 5. The lowest BCUT2D eigenvalue weighted by Crippen LogP contribution is -2.27.